The maximum absolute atomic E-state index is 12.5. The van der Waals surface area contributed by atoms with Crippen molar-refractivity contribution in [2.75, 3.05) is 20.8 Å². The number of amidine groups is 1. The molecular formula is C25H24N4O4. The zero-order chi connectivity index (χ0) is 22.8. The largest absolute Gasteiger partial charge is 0.480 e. The lowest BCUT2D eigenvalue weighted by Gasteiger charge is -2.31. The number of aromatic nitrogens is 2. The third-order valence-electron chi connectivity index (χ3n) is 6.11. The summed E-state index contributed by atoms with van der Waals surface area (Å²) < 4.78 is 16.5. The molecule has 3 aromatic rings. The molecule has 1 aromatic heterocycles. The van der Waals surface area contributed by atoms with Crippen LogP contribution in [0.1, 0.15) is 27.9 Å². The van der Waals surface area contributed by atoms with Gasteiger partial charge in [0.25, 0.3) is 11.9 Å². The maximum atomic E-state index is 12.5. The zero-order valence-corrected chi connectivity index (χ0v) is 18.5. The summed E-state index contributed by atoms with van der Waals surface area (Å²) >= 11 is 0. The molecule has 2 aliphatic rings. The average molecular weight is 444 g/mol. The lowest BCUT2D eigenvalue weighted by atomic mass is 9.76. The molecule has 1 aliphatic carbocycles. The third-order valence-corrected chi connectivity index (χ3v) is 6.11. The second-order valence-electron chi connectivity index (χ2n) is 8.15. The molecule has 8 nitrogen and oxygen atoms in total. The number of amides is 1. The maximum Gasteiger partial charge on any atom is 0.319 e. The fourth-order valence-corrected chi connectivity index (χ4v) is 4.43. The number of fused-ring (bicyclic) bond motifs is 1. The zero-order valence-electron chi connectivity index (χ0n) is 18.5. The average Bonchev–Trinajstić information content (AvgIpc) is 3.25. The number of nitrogens with one attached hydrogen (secondary N) is 1. The minimum atomic E-state index is -0.428. The van der Waals surface area contributed by atoms with Gasteiger partial charge in [-0.15, -0.1) is 0 Å². The first-order valence-corrected chi connectivity index (χ1v) is 10.8. The van der Waals surface area contributed by atoms with E-state index in [0.717, 1.165) is 24.0 Å². The van der Waals surface area contributed by atoms with Crippen molar-refractivity contribution in [2.24, 2.45) is 4.99 Å². The Morgan fingerprint density at radius 3 is 2.70 bits per heavy atom. The van der Waals surface area contributed by atoms with Crippen molar-refractivity contribution < 1.29 is 19.0 Å². The monoisotopic (exact) mass is 444 g/mol. The molecule has 1 aliphatic heterocycles. The quantitative estimate of drug-likeness (QED) is 0.664. The summed E-state index contributed by atoms with van der Waals surface area (Å²) in [7, 11) is 3.10. The Bertz CT molecular complexity index is 1230. The summed E-state index contributed by atoms with van der Waals surface area (Å²) in [6, 6.07) is 15.8. The van der Waals surface area contributed by atoms with Crippen LogP contribution in [-0.4, -0.2) is 48.3 Å². The lowest BCUT2D eigenvalue weighted by molar-refractivity contribution is 0.0967. The summed E-state index contributed by atoms with van der Waals surface area (Å²) in [5, 5.41) is 2.80. The van der Waals surface area contributed by atoms with Crippen molar-refractivity contribution >= 4 is 11.9 Å². The number of carbonyl (C=O) groups is 1. The van der Waals surface area contributed by atoms with Crippen LogP contribution in [0.2, 0.25) is 0 Å². The van der Waals surface area contributed by atoms with E-state index in [-0.39, 0.29) is 17.9 Å². The van der Waals surface area contributed by atoms with E-state index in [1.165, 1.54) is 18.2 Å². The van der Waals surface area contributed by atoms with Crippen molar-refractivity contribution in [3.63, 3.8) is 0 Å². The van der Waals surface area contributed by atoms with E-state index < -0.39 is 5.54 Å². The second kappa shape index (κ2) is 8.54. The van der Waals surface area contributed by atoms with Crippen LogP contribution in [0.5, 0.6) is 11.9 Å². The highest BCUT2D eigenvalue weighted by atomic mass is 16.5. The number of ether oxygens (including phenoxy) is 3. The summed E-state index contributed by atoms with van der Waals surface area (Å²) in [5.74, 6) is 0.222. The number of nitrogens with zero attached hydrogens (tertiary/aromatic N) is 3. The highest BCUT2D eigenvalue weighted by Gasteiger charge is 2.41. The van der Waals surface area contributed by atoms with Crippen LogP contribution >= 0.6 is 0 Å². The molecule has 0 saturated heterocycles. The molecule has 1 amide bonds. The number of aryl methyl sites for hydroxylation is 1. The number of carbonyl (C=O) groups excluding carboxylic acids is 1. The van der Waals surface area contributed by atoms with Crippen LogP contribution in [0, 0.1) is 0 Å². The molecule has 1 atom stereocenters. The Balaban J connectivity index is 1.44. The molecule has 0 fully saturated rings. The normalized spacial score (nSPS) is 18.8. The molecule has 0 radical (unpaired) electrons. The summed E-state index contributed by atoms with van der Waals surface area (Å²) in [5.41, 5.74) is 4.36. The van der Waals surface area contributed by atoms with Gasteiger partial charge >= 0.3 is 6.01 Å². The van der Waals surface area contributed by atoms with E-state index in [1.807, 2.05) is 30.3 Å². The van der Waals surface area contributed by atoms with Crippen LogP contribution in [-0.2, 0) is 17.6 Å². The van der Waals surface area contributed by atoms with E-state index in [4.69, 9.17) is 19.2 Å². The topological polar surface area (TPSA) is 94.9 Å². The molecule has 1 spiro atoms. The fraction of sp³-hybridized carbons (Fsp3) is 0.280. The van der Waals surface area contributed by atoms with Crippen LogP contribution in [0.3, 0.4) is 0 Å². The van der Waals surface area contributed by atoms with Crippen molar-refractivity contribution in [1.82, 2.24) is 15.3 Å². The van der Waals surface area contributed by atoms with E-state index in [2.05, 4.69) is 21.4 Å². The van der Waals surface area contributed by atoms with Gasteiger partial charge in [0.15, 0.2) is 0 Å². The lowest BCUT2D eigenvalue weighted by Crippen LogP contribution is -2.35. The molecule has 33 heavy (non-hydrogen) atoms. The van der Waals surface area contributed by atoms with Gasteiger partial charge in [-0.25, -0.2) is 9.98 Å². The molecule has 2 aromatic carbocycles. The Kier molecular flexibility index (Phi) is 5.42. The van der Waals surface area contributed by atoms with E-state index in [1.54, 1.807) is 25.4 Å². The number of hydrogen-bond donors (Lipinski definition) is 1. The van der Waals surface area contributed by atoms with Gasteiger partial charge in [-0.05, 0) is 41.7 Å². The van der Waals surface area contributed by atoms with Crippen LogP contribution < -0.4 is 14.8 Å². The van der Waals surface area contributed by atoms with Crippen molar-refractivity contribution in [1.29, 1.82) is 0 Å². The first-order valence-electron chi connectivity index (χ1n) is 10.8. The van der Waals surface area contributed by atoms with Crippen LogP contribution in [0.4, 0.5) is 0 Å². The fourth-order valence-electron chi connectivity index (χ4n) is 4.43. The molecule has 2 heterocycles. The molecule has 8 heteroatoms. The number of benzene rings is 2. The Morgan fingerprint density at radius 2 is 1.91 bits per heavy atom. The molecule has 0 saturated carbocycles. The minimum absolute atomic E-state index is 0.233. The second-order valence-corrected chi connectivity index (χ2v) is 8.15. The number of hydrogen-bond acceptors (Lipinski definition) is 7. The molecular weight excluding hydrogens is 420 g/mol. The molecule has 168 valence electrons. The number of aliphatic imine (C=N–C) groups is 1. The van der Waals surface area contributed by atoms with Gasteiger partial charge in [-0.2, -0.15) is 4.98 Å². The van der Waals surface area contributed by atoms with Gasteiger partial charge < -0.3 is 14.2 Å². The standard InChI is InChI=1S/C25H24N4O4/c1-31-22-20(14-26-23(28-22)32-2)18-10-6-9-16-11-12-25(13-19(16)18)15-33-24(29-25)27-21(30)17-7-4-3-5-8-17/h3-10,14H,11-13,15H2,1-2H3,(H,27,29,30). The Labute approximate surface area is 191 Å². The molecule has 1 unspecified atom stereocenters. The first kappa shape index (κ1) is 20.9. The van der Waals surface area contributed by atoms with Gasteiger partial charge in [-0.3, -0.25) is 10.1 Å². The van der Waals surface area contributed by atoms with E-state index in [9.17, 15) is 4.79 Å². The highest BCUT2D eigenvalue weighted by molar-refractivity contribution is 6.04. The number of rotatable bonds is 4. The molecule has 0 bridgehead atoms. The SMILES string of the molecule is COc1ncc(-c2cccc3c2CC2(CC3)COC(NC(=O)c3ccccc3)=N2)c(OC)n1. The van der Waals surface area contributed by atoms with Gasteiger partial charge in [0, 0.05) is 18.2 Å². The molecule has 1 N–H and O–H groups in total. The Morgan fingerprint density at radius 1 is 1.06 bits per heavy atom. The van der Waals surface area contributed by atoms with Gasteiger partial charge in [-0.1, -0.05) is 36.4 Å². The van der Waals surface area contributed by atoms with Crippen molar-refractivity contribution in [2.45, 2.75) is 24.8 Å². The van der Waals surface area contributed by atoms with Crippen molar-refractivity contribution in [3.8, 4) is 23.0 Å². The first-order chi connectivity index (χ1) is 16.1. The predicted octanol–water partition coefficient (Wildman–Crippen LogP) is 3.20. The van der Waals surface area contributed by atoms with Gasteiger partial charge in [0.2, 0.25) is 5.88 Å². The summed E-state index contributed by atoms with van der Waals surface area (Å²) in [6.45, 7) is 0.418. The van der Waals surface area contributed by atoms with Crippen molar-refractivity contribution in [3.05, 3.63) is 71.4 Å². The van der Waals surface area contributed by atoms with E-state index >= 15 is 0 Å². The van der Waals surface area contributed by atoms with Crippen LogP contribution in [0.25, 0.3) is 11.1 Å². The minimum Gasteiger partial charge on any atom is -0.480 e. The van der Waals surface area contributed by atoms with Gasteiger partial charge in [0.1, 0.15) is 12.1 Å². The number of methoxy groups -OCH3 is 2. The highest BCUT2D eigenvalue weighted by Crippen LogP contribution is 2.41. The van der Waals surface area contributed by atoms with Crippen LogP contribution in [0.15, 0.2) is 59.7 Å². The summed E-state index contributed by atoms with van der Waals surface area (Å²) in [4.78, 5) is 26.0. The van der Waals surface area contributed by atoms with Gasteiger partial charge in [0.05, 0.1) is 19.8 Å². The summed E-state index contributed by atoms with van der Waals surface area (Å²) in [6.07, 6.45) is 4.10. The Hall–Kier alpha value is -3.94. The smallest absolute Gasteiger partial charge is 0.319 e. The molecule has 5 rings (SSSR count). The third kappa shape index (κ3) is 4.00. The van der Waals surface area contributed by atoms with E-state index in [0.29, 0.717) is 24.5 Å². The predicted molar refractivity (Wildman–Crippen MR) is 123 cm³/mol.